The fourth-order valence-electron chi connectivity index (χ4n) is 15.1. The molecule has 0 radical (unpaired) electrons. The number of carbonyl (C=O) groups is 1. The van der Waals surface area contributed by atoms with Gasteiger partial charge in [-0.2, -0.15) is 0 Å². The van der Waals surface area contributed by atoms with Crippen LogP contribution in [-0.2, 0) is 52.2 Å². The van der Waals surface area contributed by atoms with Crippen LogP contribution in [0.1, 0.15) is 93.4 Å². The summed E-state index contributed by atoms with van der Waals surface area (Å²) in [5.74, 6) is -0.277. The zero-order valence-electron chi connectivity index (χ0n) is 42.6. The van der Waals surface area contributed by atoms with Crippen LogP contribution in [0.2, 0.25) is 0 Å². The summed E-state index contributed by atoms with van der Waals surface area (Å²) < 4.78 is 60.8. The van der Waals surface area contributed by atoms with Gasteiger partial charge in [-0.25, -0.2) is 0 Å². The SMILES string of the molecule is C[C@@H]1CC[C@@]2(OC1)O[C@H]1C[C@H]3[C@@H]4[C@H](O)C=C5C[C@@H](O[C@@H]6O[C@H](CO)[C@@H](O[C@@H]7O[C@@H](C)[C@H](O[C@@H]8O[C@@H](C)[C@H](O)[C@@H](O)[C@H]8O[C@@H]8O[C@@H](C)[C@H](O)[C@@H](O)[C@H]8O)[C@@H](O)[C@H]7O)[C@H](O)[C@H]6O)CC[C@]5(C)[C@H]4CC(=O)[C@]3(C)[C@H]1[C@@H]2C. The van der Waals surface area contributed by atoms with Gasteiger partial charge in [0.1, 0.15) is 85.1 Å². The highest BCUT2D eigenvalue weighted by Crippen LogP contribution is 2.70. The van der Waals surface area contributed by atoms with E-state index in [0.717, 1.165) is 18.4 Å². The lowest BCUT2D eigenvalue weighted by Crippen LogP contribution is -2.66. The zero-order chi connectivity index (χ0) is 52.5. The second-order valence-electron chi connectivity index (χ2n) is 23.8. The molecule has 416 valence electrons. The van der Waals surface area contributed by atoms with Gasteiger partial charge in [-0.05, 0) is 82.0 Å². The van der Waals surface area contributed by atoms with Crippen molar-refractivity contribution in [2.75, 3.05) is 13.2 Å². The lowest BCUT2D eigenvalue weighted by atomic mass is 9.46. The second kappa shape index (κ2) is 20.3. The largest absolute Gasteiger partial charge is 0.394 e. The predicted molar refractivity (Wildman–Crippen MR) is 246 cm³/mol. The molecule has 10 aliphatic rings. The van der Waals surface area contributed by atoms with E-state index in [9.17, 15) is 61.0 Å². The molecule has 0 bridgehead atoms. The van der Waals surface area contributed by atoms with Gasteiger partial charge in [-0.1, -0.05) is 39.3 Å². The van der Waals surface area contributed by atoms with Gasteiger partial charge in [-0.15, -0.1) is 0 Å². The maximum atomic E-state index is 14.7. The number of ether oxygens (including phenoxy) is 10. The molecule has 0 aromatic heterocycles. The number of ketones is 1. The fraction of sp³-hybridized carbons (Fsp3) is 0.941. The van der Waals surface area contributed by atoms with Crippen molar-refractivity contribution in [2.24, 2.45) is 46.3 Å². The summed E-state index contributed by atoms with van der Waals surface area (Å²) in [5.41, 5.74) is -0.113. The summed E-state index contributed by atoms with van der Waals surface area (Å²) >= 11 is 0. The highest BCUT2D eigenvalue weighted by atomic mass is 16.8. The van der Waals surface area contributed by atoms with E-state index in [1.165, 1.54) is 20.8 Å². The summed E-state index contributed by atoms with van der Waals surface area (Å²) in [5, 5.41) is 121. The third kappa shape index (κ3) is 9.04. The first kappa shape index (κ1) is 54.9. The summed E-state index contributed by atoms with van der Waals surface area (Å²) in [6.07, 6.45) is -25.9. The van der Waals surface area contributed by atoms with Crippen LogP contribution in [0.4, 0.5) is 0 Å². The number of Topliss-reactive ketones (excluding diaryl/α,β-unsaturated/α-hetero) is 1. The molecule has 32 atom stereocenters. The van der Waals surface area contributed by atoms with E-state index in [1.54, 1.807) is 0 Å². The van der Waals surface area contributed by atoms with Crippen LogP contribution < -0.4 is 0 Å². The van der Waals surface area contributed by atoms with Crippen LogP contribution >= 0.6 is 0 Å². The van der Waals surface area contributed by atoms with Gasteiger partial charge in [0.05, 0.1) is 49.8 Å². The molecular formula is C51H80O22. The van der Waals surface area contributed by atoms with Gasteiger partial charge in [-0.3, -0.25) is 4.79 Å². The first-order valence-electron chi connectivity index (χ1n) is 26.6. The van der Waals surface area contributed by atoms with E-state index in [1.807, 2.05) is 6.08 Å². The molecule has 10 rings (SSSR count). The summed E-state index contributed by atoms with van der Waals surface area (Å²) in [6.45, 7) is 12.9. The molecule has 11 N–H and O–H groups in total. The molecule has 0 unspecified atom stereocenters. The zero-order valence-corrected chi connectivity index (χ0v) is 42.6. The first-order valence-corrected chi connectivity index (χ1v) is 26.6. The molecule has 3 saturated carbocycles. The second-order valence-corrected chi connectivity index (χ2v) is 23.8. The van der Waals surface area contributed by atoms with Crippen LogP contribution in [0.15, 0.2) is 11.6 Å². The Bertz CT molecular complexity index is 2000. The lowest BCUT2D eigenvalue weighted by molar-refractivity contribution is -0.391. The highest BCUT2D eigenvalue weighted by Gasteiger charge is 2.72. The van der Waals surface area contributed by atoms with Crippen molar-refractivity contribution in [1.29, 1.82) is 0 Å². The van der Waals surface area contributed by atoms with Crippen molar-refractivity contribution in [3.63, 3.8) is 0 Å². The van der Waals surface area contributed by atoms with E-state index < -0.39 is 158 Å². The van der Waals surface area contributed by atoms with Crippen molar-refractivity contribution in [2.45, 2.75) is 240 Å². The third-order valence-corrected chi connectivity index (χ3v) is 19.6. The van der Waals surface area contributed by atoms with Crippen LogP contribution in [0.25, 0.3) is 0 Å². The molecule has 22 nitrogen and oxygen atoms in total. The van der Waals surface area contributed by atoms with E-state index >= 15 is 0 Å². The molecule has 0 amide bonds. The number of carbonyl (C=O) groups excluding carboxylic acids is 1. The lowest BCUT2D eigenvalue weighted by Gasteiger charge is -2.59. The molecule has 73 heavy (non-hydrogen) atoms. The highest BCUT2D eigenvalue weighted by molar-refractivity contribution is 5.87. The number of hydrogen-bond acceptors (Lipinski definition) is 22. The Labute approximate surface area is 424 Å². The van der Waals surface area contributed by atoms with Gasteiger partial charge < -0.3 is 104 Å². The van der Waals surface area contributed by atoms with Gasteiger partial charge in [0, 0.05) is 30.1 Å². The Morgan fingerprint density at radius 2 is 1.19 bits per heavy atom. The quantitative estimate of drug-likeness (QED) is 0.114. The van der Waals surface area contributed by atoms with Crippen LogP contribution in [-0.4, -0.2) is 222 Å². The smallest absolute Gasteiger partial charge is 0.187 e. The molecule has 6 saturated heterocycles. The number of aliphatic hydroxyl groups excluding tert-OH is 11. The minimum Gasteiger partial charge on any atom is -0.394 e. The number of aliphatic hydroxyl groups is 11. The predicted octanol–water partition coefficient (Wildman–Crippen LogP) is -1.76. The van der Waals surface area contributed by atoms with Gasteiger partial charge >= 0.3 is 0 Å². The summed E-state index contributed by atoms with van der Waals surface area (Å²) in [4.78, 5) is 14.7. The Morgan fingerprint density at radius 3 is 1.85 bits per heavy atom. The number of fused-ring (bicyclic) bond motifs is 7. The Balaban J connectivity index is 0.766. The first-order chi connectivity index (χ1) is 34.4. The van der Waals surface area contributed by atoms with Crippen molar-refractivity contribution in [3.05, 3.63) is 11.6 Å². The topological polar surface area (TPSA) is 332 Å². The van der Waals surface area contributed by atoms with Crippen LogP contribution in [0.5, 0.6) is 0 Å². The number of rotatable bonds is 9. The van der Waals surface area contributed by atoms with Gasteiger partial charge in [0.25, 0.3) is 0 Å². The Kier molecular flexibility index (Phi) is 15.3. The maximum absolute atomic E-state index is 14.7. The minimum atomic E-state index is -1.89. The van der Waals surface area contributed by atoms with Crippen molar-refractivity contribution in [1.82, 2.24) is 0 Å². The molecular weight excluding hydrogens is 965 g/mol. The maximum Gasteiger partial charge on any atom is 0.187 e. The van der Waals surface area contributed by atoms with E-state index in [0.29, 0.717) is 44.6 Å². The van der Waals surface area contributed by atoms with Crippen LogP contribution in [0.3, 0.4) is 0 Å². The number of hydrogen-bond donors (Lipinski definition) is 11. The molecule has 1 spiro atoms. The molecule has 9 fully saturated rings. The standard InChI is InChI=1S/C51H80O22/c1-18-8-11-51(64-17-18)19(2)32-28(73-51)14-26-31-25(15-30(54)50(26,32)7)49(6)10-9-24(12-23(49)13-27(31)53)68-47-41(63)38(60)43(29(16-52)69-47)71-46-40(62)37(59)42(22(5)67-46)70-48-44(36(58)34(56)21(4)66-48)72-45-39(61)35(57)33(55)20(3)65-45/h13,18-22,24-29,31-48,52-53,55-63H,8-12,14-17H2,1-7H3/t18-,19+,20+,21+,22+,24+,25+,26+,27-,28+,29-,31-,32+,33+,34+,35-,36-,37+,38-,39-,40-,41-,42+,43-,44-,45+,46+,47-,48+,49+,50-,51-/m1/s1. The summed E-state index contributed by atoms with van der Waals surface area (Å²) in [6, 6.07) is 0. The van der Waals surface area contributed by atoms with Crippen molar-refractivity contribution >= 4 is 5.78 Å². The molecule has 0 aromatic carbocycles. The Morgan fingerprint density at radius 1 is 0.616 bits per heavy atom. The van der Waals surface area contributed by atoms with Crippen molar-refractivity contribution in [3.8, 4) is 0 Å². The molecule has 6 heterocycles. The molecule has 0 aromatic rings. The van der Waals surface area contributed by atoms with Gasteiger partial charge in [0.15, 0.2) is 30.9 Å². The minimum absolute atomic E-state index is 0.00361. The molecule has 6 aliphatic heterocycles. The average molecular weight is 1050 g/mol. The van der Waals surface area contributed by atoms with Crippen LogP contribution in [0, 0.1) is 46.3 Å². The molecule has 22 heteroatoms. The summed E-state index contributed by atoms with van der Waals surface area (Å²) in [7, 11) is 0. The van der Waals surface area contributed by atoms with E-state index in [2.05, 4.69) is 27.7 Å². The van der Waals surface area contributed by atoms with E-state index in [-0.39, 0.29) is 41.5 Å². The monoisotopic (exact) mass is 1040 g/mol. The average Bonchev–Trinajstić information content (AvgIpc) is 3.80. The fourth-order valence-corrected chi connectivity index (χ4v) is 15.1. The third-order valence-electron chi connectivity index (χ3n) is 19.6. The molecule has 4 aliphatic carbocycles. The van der Waals surface area contributed by atoms with E-state index in [4.69, 9.17) is 47.4 Å². The van der Waals surface area contributed by atoms with Gasteiger partial charge in [0.2, 0.25) is 0 Å². The Hall–Kier alpha value is -1.43. The van der Waals surface area contributed by atoms with Crippen molar-refractivity contribution < 1.29 is 108 Å². The normalized spacial score (nSPS) is 58.2.